The predicted octanol–water partition coefficient (Wildman–Crippen LogP) is 3.81. The van der Waals surface area contributed by atoms with E-state index < -0.39 is 5.97 Å². The van der Waals surface area contributed by atoms with Crippen molar-refractivity contribution in [2.45, 2.75) is 5.16 Å². The van der Waals surface area contributed by atoms with Crippen LogP contribution in [-0.4, -0.2) is 36.6 Å². The fourth-order valence-corrected chi connectivity index (χ4v) is 3.37. The number of aliphatic carboxylic acids is 1. The van der Waals surface area contributed by atoms with Crippen molar-refractivity contribution in [2.75, 3.05) is 5.75 Å². The zero-order chi connectivity index (χ0) is 18.1. The Labute approximate surface area is 153 Å². The largest absolute Gasteiger partial charge is 0.481 e. The minimum atomic E-state index is -0.889. The van der Waals surface area contributed by atoms with Crippen molar-refractivity contribution in [1.82, 2.24) is 19.7 Å². The normalized spacial score (nSPS) is 11.1. The Morgan fingerprint density at radius 2 is 1.96 bits per heavy atom. The summed E-state index contributed by atoms with van der Waals surface area (Å²) >= 11 is 1.09. The van der Waals surface area contributed by atoms with Gasteiger partial charge in [-0.05, 0) is 34.7 Å². The summed E-state index contributed by atoms with van der Waals surface area (Å²) in [6.07, 6.45) is 2.05. The standard InChI is InChI=1S/C19H16N4O2S/c1-23-8-7-12-5-6-14(10-16(12)23)13-3-2-4-15(9-13)18-20-19(22-21-18)26-11-17(24)25/h2-10H,11H2,1H3,(H,24,25)(H,20,21,22). The Hall–Kier alpha value is -3.06. The minimum absolute atomic E-state index is 0.0615. The summed E-state index contributed by atoms with van der Waals surface area (Å²) in [5, 5.41) is 17.3. The number of carboxylic acid groups (broad SMARTS) is 1. The molecule has 0 bridgehead atoms. The van der Waals surface area contributed by atoms with E-state index in [1.165, 1.54) is 10.9 Å². The number of carbonyl (C=O) groups is 1. The molecule has 0 fully saturated rings. The number of H-pyrrole nitrogens is 1. The molecule has 0 aliphatic heterocycles. The van der Waals surface area contributed by atoms with E-state index in [0.29, 0.717) is 11.0 Å². The number of aromatic nitrogens is 4. The van der Waals surface area contributed by atoms with E-state index in [2.05, 4.69) is 62.3 Å². The van der Waals surface area contributed by atoms with Crippen LogP contribution in [0.3, 0.4) is 0 Å². The van der Waals surface area contributed by atoms with E-state index in [-0.39, 0.29) is 5.75 Å². The summed E-state index contributed by atoms with van der Waals surface area (Å²) in [7, 11) is 2.04. The summed E-state index contributed by atoms with van der Waals surface area (Å²) in [6, 6.07) is 16.5. The molecular weight excluding hydrogens is 348 g/mol. The first kappa shape index (κ1) is 16.4. The molecule has 2 heterocycles. The van der Waals surface area contributed by atoms with Crippen LogP contribution in [0, 0.1) is 0 Å². The molecule has 2 N–H and O–H groups in total. The zero-order valence-corrected chi connectivity index (χ0v) is 14.8. The third-order valence-electron chi connectivity index (χ3n) is 4.15. The Kier molecular flexibility index (Phi) is 4.22. The lowest BCUT2D eigenvalue weighted by molar-refractivity contribution is -0.133. The SMILES string of the molecule is Cn1ccc2ccc(-c3cccc(-c4nc(SCC(=O)O)n[nH]4)c3)cc21. The molecule has 26 heavy (non-hydrogen) atoms. The topological polar surface area (TPSA) is 83.8 Å². The Morgan fingerprint density at radius 3 is 2.81 bits per heavy atom. The molecule has 2 aromatic heterocycles. The van der Waals surface area contributed by atoms with Gasteiger partial charge in [0.1, 0.15) is 0 Å². The molecule has 4 aromatic rings. The fraction of sp³-hybridized carbons (Fsp3) is 0.105. The van der Waals surface area contributed by atoms with Gasteiger partial charge in [-0.3, -0.25) is 9.89 Å². The maximum atomic E-state index is 10.7. The average molecular weight is 364 g/mol. The summed E-state index contributed by atoms with van der Waals surface area (Å²) < 4.78 is 2.10. The van der Waals surface area contributed by atoms with Crippen LogP contribution in [0.15, 0.2) is 59.9 Å². The van der Waals surface area contributed by atoms with Crippen LogP contribution in [0.2, 0.25) is 0 Å². The molecule has 0 spiro atoms. The van der Waals surface area contributed by atoms with Crippen molar-refractivity contribution in [3.8, 4) is 22.5 Å². The molecule has 7 heteroatoms. The average Bonchev–Trinajstić information content (AvgIpc) is 3.27. The summed E-state index contributed by atoms with van der Waals surface area (Å²) in [6.45, 7) is 0. The van der Waals surface area contributed by atoms with E-state index in [0.717, 1.165) is 28.5 Å². The summed E-state index contributed by atoms with van der Waals surface area (Å²) in [5.74, 6) is -0.326. The minimum Gasteiger partial charge on any atom is -0.481 e. The number of aromatic amines is 1. The van der Waals surface area contributed by atoms with Gasteiger partial charge in [-0.15, -0.1) is 5.10 Å². The van der Waals surface area contributed by atoms with Gasteiger partial charge in [0.2, 0.25) is 5.16 Å². The number of aryl methyl sites for hydroxylation is 1. The van der Waals surface area contributed by atoms with Crippen LogP contribution in [0.1, 0.15) is 0 Å². The lowest BCUT2D eigenvalue weighted by Gasteiger charge is -2.05. The Morgan fingerprint density at radius 1 is 1.15 bits per heavy atom. The number of hydrogen-bond acceptors (Lipinski definition) is 4. The second kappa shape index (κ2) is 6.68. The first-order chi connectivity index (χ1) is 12.6. The first-order valence-electron chi connectivity index (χ1n) is 8.03. The molecular formula is C19H16N4O2S. The number of nitrogens with one attached hydrogen (secondary N) is 1. The number of carboxylic acids is 1. The molecule has 6 nitrogen and oxygen atoms in total. The van der Waals surface area contributed by atoms with Gasteiger partial charge in [-0.2, -0.15) is 0 Å². The highest BCUT2D eigenvalue weighted by atomic mass is 32.2. The highest BCUT2D eigenvalue weighted by molar-refractivity contribution is 7.99. The van der Waals surface area contributed by atoms with Crippen LogP contribution in [-0.2, 0) is 11.8 Å². The molecule has 0 unspecified atom stereocenters. The molecule has 0 saturated heterocycles. The highest BCUT2D eigenvalue weighted by Gasteiger charge is 2.10. The van der Waals surface area contributed by atoms with Crippen LogP contribution in [0.25, 0.3) is 33.4 Å². The monoisotopic (exact) mass is 364 g/mol. The van der Waals surface area contributed by atoms with Gasteiger partial charge in [-0.1, -0.05) is 42.1 Å². The molecule has 0 saturated carbocycles. The van der Waals surface area contributed by atoms with Crippen molar-refractivity contribution in [3.05, 3.63) is 54.7 Å². The van der Waals surface area contributed by atoms with E-state index >= 15 is 0 Å². The third-order valence-corrected chi connectivity index (χ3v) is 4.98. The van der Waals surface area contributed by atoms with Gasteiger partial charge < -0.3 is 9.67 Å². The molecule has 0 radical (unpaired) electrons. The predicted molar refractivity (Wildman–Crippen MR) is 102 cm³/mol. The van der Waals surface area contributed by atoms with E-state index in [1.807, 2.05) is 19.2 Å². The molecule has 0 atom stereocenters. The third kappa shape index (κ3) is 3.21. The Bertz CT molecular complexity index is 1100. The molecule has 2 aromatic carbocycles. The van der Waals surface area contributed by atoms with Gasteiger partial charge in [0.25, 0.3) is 0 Å². The van der Waals surface area contributed by atoms with E-state index in [4.69, 9.17) is 5.11 Å². The smallest absolute Gasteiger partial charge is 0.313 e. The van der Waals surface area contributed by atoms with Crippen molar-refractivity contribution < 1.29 is 9.90 Å². The summed E-state index contributed by atoms with van der Waals surface area (Å²) in [5.41, 5.74) is 4.30. The van der Waals surface area contributed by atoms with Crippen molar-refractivity contribution >= 4 is 28.6 Å². The quantitative estimate of drug-likeness (QED) is 0.526. The molecule has 0 amide bonds. The molecule has 4 rings (SSSR count). The molecule has 0 aliphatic rings. The van der Waals surface area contributed by atoms with Crippen molar-refractivity contribution in [2.24, 2.45) is 7.05 Å². The Balaban J connectivity index is 1.65. The van der Waals surface area contributed by atoms with Crippen LogP contribution < -0.4 is 0 Å². The van der Waals surface area contributed by atoms with Crippen molar-refractivity contribution in [1.29, 1.82) is 0 Å². The van der Waals surface area contributed by atoms with Crippen LogP contribution >= 0.6 is 11.8 Å². The van der Waals surface area contributed by atoms with Crippen LogP contribution in [0.5, 0.6) is 0 Å². The van der Waals surface area contributed by atoms with Crippen LogP contribution in [0.4, 0.5) is 0 Å². The first-order valence-corrected chi connectivity index (χ1v) is 9.01. The molecule has 130 valence electrons. The van der Waals surface area contributed by atoms with Gasteiger partial charge in [0.15, 0.2) is 5.82 Å². The van der Waals surface area contributed by atoms with Gasteiger partial charge in [0.05, 0.1) is 5.75 Å². The number of benzene rings is 2. The maximum Gasteiger partial charge on any atom is 0.313 e. The lowest BCUT2D eigenvalue weighted by Crippen LogP contribution is -1.97. The van der Waals surface area contributed by atoms with Gasteiger partial charge in [-0.25, -0.2) is 4.98 Å². The van der Waals surface area contributed by atoms with E-state index in [1.54, 1.807) is 0 Å². The highest BCUT2D eigenvalue weighted by Crippen LogP contribution is 2.28. The fourth-order valence-electron chi connectivity index (χ4n) is 2.85. The number of thioether (sulfide) groups is 1. The number of hydrogen-bond donors (Lipinski definition) is 2. The zero-order valence-electron chi connectivity index (χ0n) is 14.0. The van der Waals surface area contributed by atoms with E-state index in [9.17, 15) is 4.79 Å². The second-order valence-electron chi connectivity index (χ2n) is 5.93. The number of fused-ring (bicyclic) bond motifs is 1. The lowest BCUT2D eigenvalue weighted by atomic mass is 10.0. The maximum absolute atomic E-state index is 10.7. The van der Waals surface area contributed by atoms with Gasteiger partial charge in [0, 0.05) is 24.3 Å². The molecule has 0 aliphatic carbocycles. The van der Waals surface area contributed by atoms with Gasteiger partial charge >= 0.3 is 5.97 Å². The number of rotatable bonds is 5. The second-order valence-corrected chi connectivity index (χ2v) is 6.87. The summed E-state index contributed by atoms with van der Waals surface area (Å²) in [4.78, 5) is 15.0. The van der Waals surface area contributed by atoms with Crippen molar-refractivity contribution in [3.63, 3.8) is 0 Å². The number of nitrogens with zero attached hydrogens (tertiary/aromatic N) is 3.